The second-order valence-corrected chi connectivity index (χ2v) is 4.61. The number of hydrogen-bond donors (Lipinski definition) is 2. The monoisotopic (exact) mass is 277 g/mol. The minimum absolute atomic E-state index is 0.113. The van der Waals surface area contributed by atoms with Crippen molar-refractivity contribution in [1.29, 1.82) is 0 Å². The van der Waals surface area contributed by atoms with E-state index in [9.17, 15) is 9.59 Å². The standard InChI is InChI=1S/C15H19NO4/c1-11(2)8-9-13(14(17)18)16-15(19)20-10-12-6-4-3-5-7-12/h3-8,13H,9-10H2,1-2H3,(H,16,19)(H,17,18)/t13-/m0/s1. The summed E-state index contributed by atoms with van der Waals surface area (Å²) < 4.78 is 4.98. The fraction of sp³-hybridized carbons (Fsp3) is 0.333. The van der Waals surface area contributed by atoms with E-state index in [2.05, 4.69) is 5.32 Å². The highest BCUT2D eigenvalue weighted by atomic mass is 16.5. The molecule has 1 rings (SSSR count). The second-order valence-electron chi connectivity index (χ2n) is 4.61. The number of nitrogens with one attached hydrogen (secondary N) is 1. The summed E-state index contributed by atoms with van der Waals surface area (Å²) in [6.45, 7) is 3.85. The van der Waals surface area contributed by atoms with Crippen LogP contribution in [-0.4, -0.2) is 23.2 Å². The van der Waals surface area contributed by atoms with Crippen LogP contribution in [0.25, 0.3) is 0 Å². The summed E-state index contributed by atoms with van der Waals surface area (Å²) in [6, 6.07) is 8.21. The summed E-state index contributed by atoms with van der Waals surface area (Å²) in [5.74, 6) is -1.08. The van der Waals surface area contributed by atoms with Gasteiger partial charge in [0, 0.05) is 0 Å². The summed E-state index contributed by atoms with van der Waals surface area (Å²) in [5, 5.41) is 11.4. The molecule has 1 atom stereocenters. The molecule has 1 amide bonds. The smallest absolute Gasteiger partial charge is 0.408 e. The summed E-state index contributed by atoms with van der Waals surface area (Å²) in [6.07, 6.45) is 1.26. The lowest BCUT2D eigenvalue weighted by molar-refractivity contribution is -0.139. The number of carboxylic acids is 1. The van der Waals surface area contributed by atoms with Crippen molar-refractivity contribution in [2.24, 2.45) is 0 Å². The second kappa shape index (κ2) is 7.99. The summed E-state index contributed by atoms with van der Waals surface area (Å²) in [4.78, 5) is 22.6. The van der Waals surface area contributed by atoms with Crippen LogP contribution < -0.4 is 5.32 Å². The van der Waals surface area contributed by atoms with Gasteiger partial charge in [0.05, 0.1) is 0 Å². The number of carbonyl (C=O) groups is 2. The zero-order valence-electron chi connectivity index (χ0n) is 11.6. The van der Waals surface area contributed by atoms with Crippen LogP contribution in [0.2, 0.25) is 0 Å². The Morgan fingerprint density at radius 1 is 1.30 bits per heavy atom. The molecule has 108 valence electrons. The predicted octanol–water partition coefficient (Wildman–Crippen LogP) is 2.72. The van der Waals surface area contributed by atoms with E-state index in [0.717, 1.165) is 11.1 Å². The van der Waals surface area contributed by atoms with E-state index in [0.29, 0.717) is 0 Å². The van der Waals surface area contributed by atoms with E-state index in [4.69, 9.17) is 9.84 Å². The Balaban J connectivity index is 2.46. The van der Waals surface area contributed by atoms with Crippen molar-refractivity contribution in [1.82, 2.24) is 5.32 Å². The number of rotatable bonds is 6. The number of ether oxygens (including phenoxy) is 1. The van der Waals surface area contributed by atoms with Gasteiger partial charge in [-0.1, -0.05) is 42.0 Å². The molecular weight excluding hydrogens is 258 g/mol. The van der Waals surface area contributed by atoms with Crippen molar-refractivity contribution < 1.29 is 19.4 Å². The number of aliphatic carboxylic acids is 1. The highest BCUT2D eigenvalue weighted by molar-refractivity contribution is 5.80. The molecule has 5 heteroatoms. The van der Waals surface area contributed by atoms with Crippen molar-refractivity contribution >= 4 is 12.1 Å². The van der Waals surface area contributed by atoms with Gasteiger partial charge >= 0.3 is 12.1 Å². The van der Waals surface area contributed by atoms with Crippen LogP contribution in [0.5, 0.6) is 0 Å². The first-order chi connectivity index (χ1) is 9.49. The highest BCUT2D eigenvalue weighted by Gasteiger charge is 2.19. The average Bonchev–Trinajstić information content (AvgIpc) is 2.41. The van der Waals surface area contributed by atoms with Crippen LogP contribution >= 0.6 is 0 Å². The molecular formula is C15H19NO4. The molecule has 0 fully saturated rings. The topological polar surface area (TPSA) is 75.6 Å². The number of alkyl carbamates (subject to hydrolysis) is 1. The molecule has 0 aliphatic carbocycles. The molecule has 0 radical (unpaired) electrons. The van der Waals surface area contributed by atoms with Crippen LogP contribution in [0.15, 0.2) is 42.0 Å². The lowest BCUT2D eigenvalue weighted by Crippen LogP contribution is -2.40. The lowest BCUT2D eigenvalue weighted by Gasteiger charge is -2.13. The molecule has 0 bridgehead atoms. The molecule has 1 aromatic carbocycles. The number of carbonyl (C=O) groups excluding carboxylic acids is 1. The summed E-state index contributed by atoms with van der Waals surface area (Å²) >= 11 is 0. The number of hydrogen-bond acceptors (Lipinski definition) is 3. The van der Waals surface area contributed by atoms with Gasteiger partial charge in [0.25, 0.3) is 0 Å². The maximum Gasteiger partial charge on any atom is 0.408 e. The molecule has 2 N–H and O–H groups in total. The molecule has 20 heavy (non-hydrogen) atoms. The van der Waals surface area contributed by atoms with Crippen LogP contribution in [0, 0.1) is 0 Å². The first kappa shape index (κ1) is 15.8. The van der Waals surface area contributed by atoms with Crippen molar-refractivity contribution in [3.05, 3.63) is 47.5 Å². The Bertz CT molecular complexity index is 478. The zero-order valence-corrected chi connectivity index (χ0v) is 11.6. The first-order valence-corrected chi connectivity index (χ1v) is 6.32. The molecule has 0 saturated carbocycles. The summed E-state index contributed by atoms with van der Waals surface area (Å²) in [5.41, 5.74) is 1.84. The van der Waals surface area contributed by atoms with Gasteiger partial charge in [-0.2, -0.15) is 0 Å². The zero-order chi connectivity index (χ0) is 15.0. The van der Waals surface area contributed by atoms with Crippen LogP contribution in [-0.2, 0) is 16.1 Å². The van der Waals surface area contributed by atoms with Crippen molar-refractivity contribution in [2.75, 3.05) is 0 Å². The Morgan fingerprint density at radius 2 is 1.95 bits per heavy atom. The Labute approximate surface area is 118 Å². The van der Waals surface area contributed by atoms with Gasteiger partial charge in [0.2, 0.25) is 0 Å². The van der Waals surface area contributed by atoms with Gasteiger partial charge in [0.15, 0.2) is 0 Å². The van der Waals surface area contributed by atoms with Gasteiger partial charge in [-0.25, -0.2) is 9.59 Å². The van der Waals surface area contributed by atoms with Gasteiger partial charge in [0.1, 0.15) is 12.6 Å². The van der Waals surface area contributed by atoms with E-state index in [1.807, 2.05) is 44.2 Å². The third-order valence-electron chi connectivity index (χ3n) is 2.56. The van der Waals surface area contributed by atoms with E-state index < -0.39 is 18.1 Å². The maximum absolute atomic E-state index is 11.6. The van der Waals surface area contributed by atoms with Crippen LogP contribution in [0.3, 0.4) is 0 Å². The van der Waals surface area contributed by atoms with E-state index >= 15 is 0 Å². The van der Waals surface area contributed by atoms with Gasteiger partial charge < -0.3 is 15.2 Å². The number of amides is 1. The largest absolute Gasteiger partial charge is 0.480 e. The third-order valence-corrected chi connectivity index (χ3v) is 2.56. The quantitative estimate of drug-likeness (QED) is 0.784. The van der Waals surface area contributed by atoms with Crippen LogP contribution in [0.1, 0.15) is 25.8 Å². The van der Waals surface area contributed by atoms with Crippen LogP contribution in [0.4, 0.5) is 4.79 Å². The lowest BCUT2D eigenvalue weighted by atomic mass is 10.1. The normalized spacial score (nSPS) is 11.3. The highest BCUT2D eigenvalue weighted by Crippen LogP contribution is 2.03. The Hall–Kier alpha value is -2.30. The van der Waals surface area contributed by atoms with Gasteiger partial charge in [-0.15, -0.1) is 0 Å². The van der Waals surface area contributed by atoms with E-state index in [1.165, 1.54) is 0 Å². The molecule has 0 saturated heterocycles. The molecule has 0 aliphatic rings. The average molecular weight is 277 g/mol. The molecule has 0 aromatic heterocycles. The van der Waals surface area contributed by atoms with Gasteiger partial charge in [-0.05, 0) is 25.8 Å². The van der Waals surface area contributed by atoms with E-state index in [1.54, 1.807) is 6.08 Å². The minimum atomic E-state index is -1.08. The molecule has 1 aromatic rings. The van der Waals surface area contributed by atoms with Crippen molar-refractivity contribution in [3.8, 4) is 0 Å². The molecule has 5 nitrogen and oxygen atoms in total. The first-order valence-electron chi connectivity index (χ1n) is 6.32. The van der Waals surface area contributed by atoms with Crippen molar-refractivity contribution in [3.63, 3.8) is 0 Å². The third kappa shape index (κ3) is 6.04. The Morgan fingerprint density at radius 3 is 2.50 bits per heavy atom. The van der Waals surface area contributed by atoms with Gasteiger partial charge in [-0.3, -0.25) is 0 Å². The fourth-order valence-corrected chi connectivity index (χ4v) is 1.48. The number of benzene rings is 1. The summed E-state index contributed by atoms with van der Waals surface area (Å²) in [7, 11) is 0. The Kier molecular flexibility index (Phi) is 6.29. The fourth-order valence-electron chi connectivity index (χ4n) is 1.48. The molecule has 0 spiro atoms. The van der Waals surface area contributed by atoms with Crippen molar-refractivity contribution in [2.45, 2.75) is 32.9 Å². The predicted molar refractivity (Wildman–Crippen MR) is 75.2 cm³/mol. The number of allylic oxidation sites excluding steroid dienone is 1. The molecule has 0 aliphatic heterocycles. The maximum atomic E-state index is 11.6. The minimum Gasteiger partial charge on any atom is -0.480 e. The molecule has 0 heterocycles. The molecule has 0 unspecified atom stereocenters. The van der Waals surface area contributed by atoms with E-state index in [-0.39, 0.29) is 13.0 Å². The SMILES string of the molecule is CC(C)=CC[C@H](NC(=O)OCc1ccccc1)C(=O)O. The number of carboxylic acid groups (broad SMARTS) is 1.